The van der Waals surface area contributed by atoms with Crippen molar-refractivity contribution in [2.75, 3.05) is 11.9 Å². The first-order valence-electron chi connectivity index (χ1n) is 9.84. The molecule has 9 heteroatoms. The van der Waals surface area contributed by atoms with E-state index >= 15 is 0 Å². The van der Waals surface area contributed by atoms with Crippen LogP contribution in [0.1, 0.15) is 48.0 Å². The quantitative estimate of drug-likeness (QED) is 0.396. The summed E-state index contributed by atoms with van der Waals surface area (Å²) in [6.45, 7) is 5.64. The number of hydrogen-bond donors (Lipinski definition) is 1. The highest BCUT2D eigenvalue weighted by atomic mass is 32.1. The van der Waals surface area contributed by atoms with Gasteiger partial charge in [0.25, 0.3) is 5.91 Å². The first-order valence-corrected chi connectivity index (χ1v) is 10.7. The fraction of sp³-hybridized carbons (Fsp3) is 0.429. The molecule has 0 spiro atoms. The summed E-state index contributed by atoms with van der Waals surface area (Å²) < 4.78 is 10.8. The van der Waals surface area contributed by atoms with Crippen LogP contribution in [0.4, 0.5) is 10.7 Å². The molecule has 160 valence electrons. The zero-order chi connectivity index (χ0) is 21.8. The number of nitrogens with one attached hydrogen (secondary N) is 1. The summed E-state index contributed by atoms with van der Waals surface area (Å²) in [7, 11) is 0. The lowest BCUT2D eigenvalue weighted by atomic mass is 9.88. The van der Waals surface area contributed by atoms with Crippen molar-refractivity contribution >= 4 is 33.9 Å². The van der Waals surface area contributed by atoms with E-state index in [0.717, 1.165) is 29.7 Å². The minimum absolute atomic E-state index is 0.00932. The van der Waals surface area contributed by atoms with Crippen molar-refractivity contribution in [3.8, 4) is 5.75 Å². The fourth-order valence-electron chi connectivity index (χ4n) is 3.42. The number of benzene rings is 1. The summed E-state index contributed by atoms with van der Waals surface area (Å²) >= 11 is 1.38. The van der Waals surface area contributed by atoms with E-state index in [1.54, 1.807) is 13.0 Å². The van der Waals surface area contributed by atoms with Crippen LogP contribution < -0.4 is 10.1 Å². The second-order valence-corrected chi connectivity index (χ2v) is 8.36. The number of carbonyl (C=O) groups is 2. The number of esters is 1. The predicted molar refractivity (Wildman–Crippen MR) is 113 cm³/mol. The third-order valence-corrected chi connectivity index (χ3v) is 6.13. The van der Waals surface area contributed by atoms with Crippen LogP contribution in [0.5, 0.6) is 5.75 Å². The average Bonchev–Trinajstić information content (AvgIpc) is 3.05. The molecule has 0 aliphatic heterocycles. The summed E-state index contributed by atoms with van der Waals surface area (Å²) in [5.74, 6) is -0.428. The van der Waals surface area contributed by atoms with Crippen LogP contribution >= 0.6 is 11.3 Å². The van der Waals surface area contributed by atoms with Gasteiger partial charge in [-0.25, -0.2) is 4.79 Å². The van der Waals surface area contributed by atoms with E-state index < -0.39 is 22.9 Å². The molecule has 2 atom stereocenters. The average molecular weight is 432 g/mol. The van der Waals surface area contributed by atoms with Gasteiger partial charge in [0.05, 0.1) is 17.1 Å². The number of fused-ring (bicyclic) bond motifs is 1. The van der Waals surface area contributed by atoms with Gasteiger partial charge in [0.15, 0.2) is 11.9 Å². The van der Waals surface area contributed by atoms with E-state index in [1.165, 1.54) is 36.5 Å². The molecular formula is C21H24N2O6S. The second-order valence-electron chi connectivity index (χ2n) is 7.25. The molecule has 3 rings (SSSR count). The summed E-state index contributed by atoms with van der Waals surface area (Å²) in [6.07, 6.45) is 1.59. The molecule has 0 saturated heterocycles. The summed E-state index contributed by atoms with van der Waals surface area (Å²) in [5, 5.41) is 14.4. The lowest BCUT2D eigenvalue weighted by molar-refractivity contribution is -0.386. The first kappa shape index (κ1) is 21.8. The van der Waals surface area contributed by atoms with Crippen LogP contribution in [0, 0.1) is 16.0 Å². The van der Waals surface area contributed by atoms with Gasteiger partial charge in [-0.2, -0.15) is 0 Å². The number of ether oxygens (including phenoxy) is 2. The van der Waals surface area contributed by atoms with Gasteiger partial charge in [-0.3, -0.25) is 14.9 Å². The van der Waals surface area contributed by atoms with E-state index in [4.69, 9.17) is 9.47 Å². The zero-order valence-corrected chi connectivity index (χ0v) is 17.9. The molecule has 0 fully saturated rings. The Bertz CT molecular complexity index is 970. The highest BCUT2D eigenvalue weighted by Gasteiger charge is 2.30. The third-order valence-electron chi connectivity index (χ3n) is 4.96. The van der Waals surface area contributed by atoms with Gasteiger partial charge in [-0.15, -0.1) is 11.3 Å². The lowest BCUT2D eigenvalue weighted by Gasteiger charge is -2.18. The monoisotopic (exact) mass is 432 g/mol. The maximum atomic E-state index is 12.8. The van der Waals surface area contributed by atoms with E-state index in [0.29, 0.717) is 16.5 Å². The number of anilines is 1. The van der Waals surface area contributed by atoms with Gasteiger partial charge in [-0.05, 0) is 50.7 Å². The molecule has 1 aromatic carbocycles. The van der Waals surface area contributed by atoms with Gasteiger partial charge >= 0.3 is 11.7 Å². The van der Waals surface area contributed by atoms with Crippen LogP contribution in [0.15, 0.2) is 24.3 Å². The van der Waals surface area contributed by atoms with Crippen LogP contribution in [0.25, 0.3) is 0 Å². The maximum absolute atomic E-state index is 12.8. The number of hydrogen-bond acceptors (Lipinski definition) is 7. The van der Waals surface area contributed by atoms with Crippen molar-refractivity contribution in [3.63, 3.8) is 0 Å². The summed E-state index contributed by atoms with van der Waals surface area (Å²) in [5.41, 5.74) is 1.14. The number of nitrogens with zero attached hydrogens (tertiary/aromatic N) is 1. The van der Waals surface area contributed by atoms with Gasteiger partial charge in [0.1, 0.15) is 5.00 Å². The third kappa shape index (κ3) is 4.62. The minimum Gasteiger partial charge on any atom is -0.474 e. The van der Waals surface area contributed by atoms with Crippen molar-refractivity contribution in [2.24, 2.45) is 5.92 Å². The molecule has 8 nitrogen and oxygen atoms in total. The Morgan fingerprint density at radius 1 is 1.37 bits per heavy atom. The standard InChI is InChI=1S/C21H24N2O6S/c1-4-28-21(25)18-14-10-9-12(2)11-17(14)30-20(18)22-19(24)13(3)29-16-8-6-5-7-15(16)23(26)27/h5-8,12-13H,4,9-11H2,1-3H3,(H,22,24). The number of para-hydroxylation sites is 2. The molecule has 1 N–H and O–H groups in total. The number of nitro groups is 1. The van der Waals surface area contributed by atoms with Crippen molar-refractivity contribution in [1.82, 2.24) is 0 Å². The Balaban J connectivity index is 1.82. The van der Waals surface area contributed by atoms with Crippen LogP contribution in [0.2, 0.25) is 0 Å². The van der Waals surface area contributed by atoms with E-state index in [2.05, 4.69) is 12.2 Å². The Labute approximate surface area is 178 Å². The normalized spacial score (nSPS) is 16.3. The fourth-order valence-corrected chi connectivity index (χ4v) is 4.82. The molecule has 1 aliphatic carbocycles. The molecule has 0 radical (unpaired) electrons. The smallest absolute Gasteiger partial charge is 0.341 e. The topological polar surface area (TPSA) is 108 Å². The van der Waals surface area contributed by atoms with Crippen molar-refractivity contribution in [3.05, 3.63) is 50.4 Å². The summed E-state index contributed by atoms with van der Waals surface area (Å²) in [4.78, 5) is 37.0. The SMILES string of the molecule is CCOC(=O)c1c(NC(=O)C(C)Oc2ccccc2[N+](=O)[O-])sc2c1CCC(C)C2. The van der Waals surface area contributed by atoms with E-state index in [9.17, 15) is 19.7 Å². The van der Waals surface area contributed by atoms with Crippen molar-refractivity contribution in [2.45, 2.75) is 46.1 Å². The Morgan fingerprint density at radius 3 is 2.80 bits per heavy atom. The Kier molecular flexibility index (Phi) is 6.71. The molecule has 1 aromatic heterocycles. The highest BCUT2D eigenvalue weighted by molar-refractivity contribution is 7.17. The minimum atomic E-state index is -1.00. The predicted octanol–water partition coefficient (Wildman–Crippen LogP) is 4.36. The molecule has 1 aliphatic rings. The molecule has 1 amide bonds. The molecule has 30 heavy (non-hydrogen) atoms. The highest BCUT2D eigenvalue weighted by Crippen LogP contribution is 2.40. The maximum Gasteiger partial charge on any atom is 0.341 e. The number of nitro benzene ring substituents is 1. The van der Waals surface area contributed by atoms with Gasteiger partial charge in [-0.1, -0.05) is 19.1 Å². The molecule has 2 unspecified atom stereocenters. The van der Waals surface area contributed by atoms with E-state index in [-0.39, 0.29) is 18.0 Å². The number of carbonyl (C=O) groups excluding carboxylic acids is 2. The number of thiophene rings is 1. The molecular weight excluding hydrogens is 408 g/mol. The van der Waals surface area contributed by atoms with Crippen LogP contribution in [-0.2, 0) is 22.4 Å². The lowest BCUT2D eigenvalue weighted by Crippen LogP contribution is -2.30. The summed E-state index contributed by atoms with van der Waals surface area (Å²) in [6, 6.07) is 5.88. The zero-order valence-electron chi connectivity index (χ0n) is 17.1. The number of amides is 1. The largest absolute Gasteiger partial charge is 0.474 e. The van der Waals surface area contributed by atoms with Crippen LogP contribution in [0.3, 0.4) is 0 Å². The van der Waals surface area contributed by atoms with E-state index in [1.807, 2.05) is 0 Å². The first-order chi connectivity index (χ1) is 14.3. The second kappa shape index (κ2) is 9.25. The molecule has 0 saturated carbocycles. The van der Waals surface area contributed by atoms with Crippen LogP contribution in [-0.4, -0.2) is 29.5 Å². The van der Waals surface area contributed by atoms with Gasteiger partial charge in [0, 0.05) is 10.9 Å². The van der Waals surface area contributed by atoms with Gasteiger partial charge in [0.2, 0.25) is 0 Å². The Hall–Kier alpha value is -2.94. The Morgan fingerprint density at radius 2 is 2.10 bits per heavy atom. The molecule has 2 aromatic rings. The van der Waals surface area contributed by atoms with Crippen molar-refractivity contribution < 1.29 is 24.0 Å². The molecule has 0 bridgehead atoms. The van der Waals surface area contributed by atoms with Crippen molar-refractivity contribution in [1.29, 1.82) is 0 Å². The molecule has 1 heterocycles. The van der Waals surface area contributed by atoms with Gasteiger partial charge < -0.3 is 14.8 Å². The number of rotatable bonds is 7.